The molecule has 2 aliphatic rings. The Morgan fingerprint density at radius 2 is 1.97 bits per heavy atom. The lowest BCUT2D eigenvalue weighted by Gasteiger charge is -2.39. The predicted molar refractivity (Wildman–Crippen MR) is 115 cm³/mol. The first-order valence-corrected chi connectivity index (χ1v) is 9.95. The van der Waals surface area contributed by atoms with Gasteiger partial charge in [-0.3, -0.25) is 0 Å². The third kappa shape index (κ3) is 3.51. The van der Waals surface area contributed by atoms with E-state index in [1.807, 2.05) is 24.4 Å². The summed E-state index contributed by atoms with van der Waals surface area (Å²) >= 11 is 0. The minimum Gasteiger partial charge on any atom is -0.371 e. The second-order valence-electron chi connectivity index (χ2n) is 7.44. The van der Waals surface area contributed by atoms with E-state index in [4.69, 9.17) is 4.98 Å². The van der Waals surface area contributed by atoms with Crippen LogP contribution in [0.3, 0.4) is 0 Å². The van der Waals surface area contributed by atoms with Crippen LogP contribution in [0, 0.1) is 0 Å². The molecule has 29 heavy (non-hydrogen) atoms. The van der Waals surface area contributed by atoms with Gasteiger partial charge in [-0.15, -0.1) is 0 Å². The van der Waals surface area contributed by atoms with Gasteiger partial charge in [-0.05, 0) is 55.2 Å². The quantitative estimate of drug-likeness (QED) is 0.689. The summed E-state index contributed by atoms with van der Waals surface area (Å²) in [5.41, 5.74) is 4.55. The van der Waals surface area contributed by atoms with E-state index in [0.29, 0.717) is 11.9 Å². The van der Waals surface area contributed by atoms with Gasteiger partial charge in [0.15, 0.2) is 0 Å². The van der Waals surface area contributed by atoms with E-state index in [1.54, 1.807) is 12.4 Å². The van der Waals surface area contributed by atoms with Crippen molar-refractivity contribution in [3.05, 3.63) is 60.8 Å². The van der Waals surface area contributed by atoms with E-state index in [-0.39, 0.29) is 0 Å². The third-order valence-corrected chi connectivity index (χ3v) is 5.66. The monoisotopic (exact) mass is 385 g/mol. The molecule has 0 atom stereocenters. The SMILES string of the molecule is CN(C1=CCNc2ncc(-c3ccnc(Nc4ccncn4)c3)cc21)C1CCC1. The van der Waals surface area contributed by atoms with Crippen LogP contribution in [0.25, 0.3) is 16.8 Å². The third-order valence-electron chi connectivity index (χ3n) is 5.66. The van der Waals surface area contributed by atoms with E-state index < -0.39 is 0 Å². The zero-order chi connectivity index (χ0) is 19.6. The average molecular weight is 385 g/mol. The first-order valence-electron chi connectivity index (χ1n) is 9.95. The Kier molecular flexibility index (Phi) is 4.56. The van der Waals surface area contributed by atoms with Crippen molar-refractivity contribution in [1.82, 2.24) is 24.8 Å². The number of rotatable bonds is 5. The van der Waals surface area contributed by atoms with Gasteiger partial charge in [0.1, 0.15) is 23.8 Å². The number of nitrogens with one attached hydrogen (secondary N) is 2. The van der Waals surface area contributed by atoms with Gasteiger partial charge in [0.25, 0.3) is 0 Å². The molecule has 0 radical (unpaired) electrons. The molecule has 3 aromatic rings. The van der Waals surface area contributed by atoms with E-state index in [0.717, 1.165) is 34.9 Å². The van der Waals surface area contributed by atoms with Crippen molar-refractivity contribution in [2.45, 2.75) is 25.3 Å². The zero-order valence-electron chi connectivity index (χ0n) is 16.3. The van der Waals surface area contributed by atoms with Crippen molar-refractivity contribution < 1.29 is 0 Å². The normalized spacial score (nSPS) is 15.6. The summed E-state index contributed by atoms with van der Waals surface area (Å²) in [6.45, 7) is 0.813. The van der Waals surface area contributed by atoms with Crippen LogP contribution in [-0.2, 0) is 0 Å². The summed E-state index contributed by atoms with van der Waals surface area (Å²) in [7, 11) is 2.20. The average Bonchev–Trinajstić information content (AvgIpc) is 2.72. The number of nitrogens with zero attached hydrogens (tertiary/aromatic N) is 5. The minimum absolute atomic E-state index is 0.639. The van der Waals surface area contributed by atoms with Crippen LogP contribution in [0.2, 0.25) is 0 Å². The zero-order valence-corrected chi connectivity index (χ0v) is 16.3. The van der Waals surface area contributed by atoms with Crippen LogP contribution in [0.5, 0.6) is 0 Å². The molecular formula is C22H23N7. The number of hydrogen-bond acceptors (Lipinski definition) is 7. The lowest BCUT2D eigenvalue weighted by atomic mass is 9.90. The number of pyridine rings is 2. The summed E-state index contributed by atoms with van der Waals surface area (Å²) in [4.78, 5) is 19.7. The standard InChI is InChI=1S/C22H23N7/c1-29(17-3-2-4-17)19-6-10-25-22-18(19)11-16(13-26-22)15-5-9-24-21(12-15)28-20-7-8-23-14-27-20/h5-9,11-14,17H,2-4,10H2,1H3,(H,25,26)(H,23,24,27,28). The smallest absolute Gasteiger partial charge is 0.135 e. The number of aromatic nitrogens is 4. The highest BCUT2D eigenvalue weighted by Crippen LogP contribution is 2.36. The Bertz CT molecular complexity index is 1040. The molecule has 7 nitrogen and oxygen atoms in total. The maximum absolute atomic E-state index is 4.71. The number of fused-ring (bicyclic) bond motifs is 1. The van der Waals surface area contributed by atoms with E-state index >= 15 is 0 Å². The molecule has 1 saturated carbocycles. The highest BCUT2D eigenvalue weighted by molar-refractivity contribution is 5.80. The molecule has 2 N–H and O–H groups in total. The lowest BCUT2D eigenvalue weighted by Crippen LogP contribution is -2.37. The molecule has 3 aromatic heterocycles. The first kappa shape index (κ1) is 17.6. The minimum atomic E-state index is 0.639. The summed E-state index contributed by atoms with van der Waals surface area (Å²) < 4.78 is 0. The summed E-state index contributed by atoms with van der Waals surface area (Å²) in [6.07, 6.45) is 13.1. The van der Waals surface area contributed by atoms with Gasteiger partial charge in [-0.1, -0.05) is 0 Å². The molecule has 0 saturated heterocycles. The number of anilines is 3. The molecular weight excluding hydrogens is 362 g/mol. The maximum Gasteiger partial charge on any atom is 0.135 e. The summed E-state index contributed by atoms with van der Waals surface area (Å²) in [5, 5.41) is 6.61. The largest absolute Gasteiger partial charge is 0.371 e. The van der Waals surface area contributed by atoms with Crippen LogP contribution < -0.4 is 10.6 Å². The topological polar surface area (TPSA) is 78.9 Å². The first-order chi connectivity index (χ1) is 14.3. The predicted octanol–water partition coefficient (Wildman–Crippen LogP) is 3.93. The van der Waals surface area contributed by atoms with Crippen molar-refractivity contribution in [2.24, 2.45) is 0 Å². The van der Waals surface area contributed by atoms with Crippen LogP contribution >= 0.6 is 0 Å². The lowest BCUT2D eigenvalue weighted by molar-refractivity contribution is 0.229. The van der Waals surface area contributed by atoms with Gasteiger partial charge in [0.05, 0.1) is 0 Å². The van der Waals surface area contributed by atoms with Crippen molar-refractivity contribution in [2.75, 3.05) is 24.2 Å². The van der Waals surface area contributed by atoms with Crippen LogP contribution in [0.1, 0.15) is 24.8 Å². The number of hydrogen-bond donors (Lipinski definition) is 2. The van der Waals surface area contributed by atoms with Gasteiger partial charge in [-0.2, -0.15) is 0 Å². The molecule has 1 aliphatic carbocycles. The molecule has 4 heterocycles. The molecule has 7 heteroatoms. The van der Waals surface area contributed by atoms with E-state index in [2.05, 4.69) is 49.7 Å². The van der Waals surface area contributed by atoms with Crippen molar-refractivity contribution in [1.29, 1.82) is 0 Å². The summed E-state index contributed by atoms with van der Waals surface area (Å²) in [6, 6.07) is 8.69. The van der Waals surface area contributed by atoms with Gasteiger partial charge in [0.2, 0.25) is 0 Å². The summed E-state index contributed by atoms with van der Waals surface area (Å²) in [5.74, 6) is 2.40. The van der Waals surface area contributed by atoms with E-state index in [1.165, 1.54) is 31.3 Å². The highest BCUT2D eigenvalue weighted by Gasteiger charge is 2.27. The van der Waals surface area contributed by atoms with Crippen molar-refractivity contribution in [3.63, 3.8) is 0 Å². The van der Waals surface area contributed by atoms with Crippen molar-refractivity contribution in [3.8, 4) is 11.1 Å². The van der Waals surface area contributed by atoms with Gasteiger partial charge >= 0.3 is 0 Å². The molecule has 1 fully saturated rings. The Morgan fingerprint density at radius 3 is 2.76 bits per heavy atom. The van der Waals surface area contributed by atoms with Gasteiger partial charge < -0.3 is 15.5 Å². The fraction of sp³-hybridized carbons (Fsp3) is 0.273. The molecule has 0 aromatic carbocycles. The fourth-order valence-corrected chi connectivity index (χ4v) is 3.79. The van der Waals surface area contributed by atoms with Gasteiger partial charge in [-0.25, -0.2) is 19.9 Å². The van der Waals surface area contributed by atoms with Crippen LogP contribution in [0.15, 0.2) is 55.3 Å². The molecule has 1 aliphatic heterocycles. The molecule has 0 bridgehead atoms. The molecule has 0 spiro atoms. The Hall–Kier alpha value is -3.48. The molecule has 0 amide bonds. The molecule has 146 valence electrons. The van der Waals surface area contributed by atoms with Crippen LogP contribution in [-0.4, -0.2) is 44.5 Å². The molecule has 0 unspecified atom stereocenters. The fourth-order valence-electron chi connectivity index (χ4n) is 3.79. The van der Waals surface area contributed by atoms with Crippen molar-refractivity contribution >= 4 is 23.2 Å². The van der Waals surface area contributed by atoms with Gasteiger partial charge in [0, 0.05) is 55.0 Å². The Labute approximate surface area is 170 Å². The van der Waals surface area contributed by atoms with Crippen LogP contribution in [0.4, 0.5) is 17.5 Å². The second-order valence-corrected chi connectivity index (χ2v) is 7.44. The molecule has 5 rings (SSSR count). The maximum atomic E-state index is 4.71. The highest BCUT2D eigenvalue weighted by atomic mass is 15.2. The Morgan fingerprint density at radius 1 is 1.03 bits per heavy atom. The van der Waals surface area contributed by atoms with E-state index in [9.17, 15) is 0 Å². The Balaban J connectivity index is 1.45. The second kappa shape index (κ2) is 7.50.